The fourth-order valence-electron chi connectivity index (χ4n) is 3.63. The van der Waals surface area contributed by atoms with Gasteiger partial charge < -0.3 is 20.1 Å². The first-order valence-corrected chi connectivity index (χ1v) is 17.1. The zero-order chi connectivity index (χ0) is 31.2. The van der Waals surface area contributed by atoms with Gasteiger partial charge in [-0.1, -0.05) is 94.6 Å². The summed E-state index contributed by atoms with van der Waals surface area (Å²) in [6.07, 6.45) is 31.1. The van der Waals surface area contributed by atoms with Gasteiger partial charge in [-0.2, -0.15) is 0 Å². The standard InChI is InChI=1S/C32H56NO8P/c1-3-5-6-7-8-9-10-11-12-13-14-15-16-17-18-19-20-21-22-23-24-25-32(36)39-28-30(34)29-41-42(37,38)40-27-26-33-31(35)4-2/h8-9,11-12,14-15,17-18,30,34H,3-7,10,13,16,19-29H2,1-2H3,(H,33,35)(H,37,38)/b9-8-,12-11-,15-14-,18-17-. The molecule has 0 spiro atoms. The van der Waals surface area contributed by atoms with E-state index < -0.39 is 26.5 Å². The molecule has 0 aliphatic heterocycles. The summed E-state index contributed by atoms with van der Waals surface area (Å²) in [7, 11) is -4.38. The van der Waals surface area contributed by atoms with E-state index in [1.54, 1.807) is 6.92 Å². The number of esters is 1. The van der Waals surface area contributed by atoms with Crippen LogP contribution in [0, 0.1) is 0 Å². The summed E-state index contributed by atoms with van der Waals surface area (Å²) >= 11 is 0. The number of amides is 1. The molecule has 2 atom stereocenters. The number of carbonyl (C=O) groups is 2. The van der Waals surface area contributed by atoms with Crippen LogP contribution in [-0.2, 0) is 27.9 Å². The molecule has 42 heavy (non-hydrogen) atoms. The van der Waals surface area contributed by atoms with E-state index in [0.717, 1.165) is 51.4 Å². The van der Waals surface area contributed by atoms with Crippen molar-refractivity contribution in [2.24, 2.45) is 0 Å². The number of allylic oxidation sites excluding steroid dienone is 8. The first kappa shape index (κ1) is 40.0. The van der Waals surface area contributed by atoms with Crippen molar-refractivity contribution >= 4 is 19.7 Å². The van der Waals surface area contributed by atoms with Crippen LogP contribution in [0.15, 0.2) is 48.6 Å². The SMILES string of the molecule is CCCCC/C=C\C/C=C\C/C=C\C/C=C\CCCCCCCC(=O)OCC(O)COP(=O)(O)OCCNC(=O)CC. The van der Waals surface area contributed by atoms with Crippen molar-refractivity contribution in [3.05, 3.63) is 48.6 Å². The molecule has 0 rings (SSSR count). The highest BCUT2D eigenvalue weighted by Gasteiger charge is 2.23. The molecule has 1 amide bonds. The average Bonchev–Trinajstić information content (AvgIpc) is 2.97. The predicted molar refractivity (Wildman–Crippen MR) is 169 cm³/mol. The number of aliphatic hydroxyl groups excluding tert-OH is 1. The van der Waals surface area contributed by atoms with Gasteiger partial charge >= 0.3 is 13.8 Å². The molecule has 10 heteroatoms. The van der Waals surface area contributed by atoms with E-state index in [1.807, 2.05) is 0 Å². The highest BCUT2D eigenvalue weighted by molar-refractivity contribution is 7.47. The Labute approximate surface area is 254 Å². The summed E-state index contributed by atoms with van der Waals surface area (Å²) in [4.78, 5) is 32.5. The molecule has 0 saturated heterocycles. The first-order valence-electron chi connectivity index (χ1n) is 15.6. The molecule has 9 nitrogen and oxygen atoms in total. The molecule has 0 radical (unpaired) electrons. The van der Waals surface area contributed by atoms with Crippen molar-refractivity contribution in [3.63, 3.8) is 0 Å². The summed E-state index contributed by atoms with van der Waals surface area (Å²) in [5.41, 5.74) is 0. The van der Waals surface area contributed by atoms with Gasteiger partial charge in [0.1, 0.15) is 12.7 Å². The maximum absolute atomic E-state index is 11.8. The van der Waals surface area contributed by atoms with E-state index >= 15 is 0 Å². The Morgan fingerprint density at radius 2 is 1.31 bits per heavy atom. The van der Waals surface area contributed by atoms with Gasteiger partial charge in [-0.15, -0.1) is 0 Å². The summed E-state index contributed by atoms with van der Waals surface area (Å²) < 4.78 is 26.1. The van der Waals surface area contributed by atoms with Gasteiger partial charge in [-0.25, -0.2) is 4.57 Å². The van der Waals surface area contributed by atoms with E-state index in [1.165, 1.54) is 25.7 Å². The number of phosphoric acid groups is 1. The largest absolute Gasteiger partial charge is 0.472 e. The van der Waals surface area contributed by atoms with Crippen molar-refractivity contribution in [2.75, 3.05) is 26.4 Å². The monoisotopic (exact) mass is 613 g/mol. The lowest BCUT2D eigenvalue weighted by Crippen LogP contribution is -2.26. The van der Waals surface area contributed by atoms with Crippen LogP contribution in [-0.4, -0.2) is 54.3 Å². The molecule has 0 saturated carbocycles. The van der Waals surface area contributed by atoms with Crippen LogP contribution in [0.1, 0.15) is 110 Å². The zero-order valence-electron chi connectivity index (χ0n) is 25.9. The second-order valence-electron chi connectivity index (χ2n) is 10.0. The number of carbonyl (C=O) groups excluding carboxylic acids is 2. The van der Waals surface area contributed by atoms with Crippen LogP contribution in [0.5, 0.6) is 0 Å². The summed E-state index contributed by atoms with van der Waals surface area (Å²) in [6.45, 7) is 2.90. The maximum Gasteiger partial charge on any atom is 0.472 e. The molecule has 0 aromatic carbocycles. The number of unbranched alkanes of at least 4 members (excludes halogenated alkanes) is 8. The van der Waals surface area contributed by atoms with Crippen molar-refractivity contribution in [2.45, 2.75) is 116 Å². The third-order valence-corrected chi connectivity index (χ3v) is 7.06. The van der Waals surface area contributed by atoms with E-state index in [9.17, 15) is 24.2 Å². The van der Waals surface area contributed by atoms with Gasteiger partial charge in [-0.05, 0) is 51.4 Å². The van der Waals surface area contributed by atoms with E-state index in [4.69, 9.17) is 9.26 Å². The lowest BCUT2D eigenvalue weighted by molar-refractivity contribution is -0.147. The molecule has 3 N–H and O–H groups in total. The van der Waals surface area contributed by atoms with E-state index in [-0.39, 0.29) is 32.1 Å². The summed E-state index contributed by atoms with van der Waals surface area (Å²) in [6, 6.07) is 0. The van der Waals surface area contributed by atoms with Crippen molar-refractivity contribution < 1.29 is 37.9 Å². The predicted octanol–water partition coefficient (Wildman–Crippen LogP) is 7.26. The van der Waals surface area contributed by atoms with Gasteiger partial charge in [0.05, 0.1) is 13.2 Å². The maximum atomic E-state index is 11.8. The Bertz CT molecular complexity index is 840. The Balaban J connectivity index is 3.63. The third-order valence-electron chi connectivity index (χ3n) is 6.08. The molecule has 0 heterocycles. The summed E-state index contributed by atoms with van der Waals surface area (Å²) in [5.74, 6) is -0.631. The lowest BCUT2D eigenvalue weighted by Gasteiger charge is -2.15. The number of rotatable bonds is 28. The number of aliphatic hydroxyl groups is 1. The Kier molecular flexibility index (Phi) is 27.7. The molecule has 242 valence electrons. The second kappa shape index (κ2) is 29.1. The van der Waals surface area contributed by atoms with E-state index in [0.29, 0.717) is 12.8 Å². The molecule has 0 aliphatic carbocycles. The summed E-state index contributed by atoms with van der Waals surface area (Å²) in [5, 5.41) is 12.3. The van der Waals surface area contributed by atoms with Crippen LogP contribution in [0.4, 0.5) is 0 Å². The minimum Gasteiger partial charge on any atom is -0.463 e. The minimum atomic E-state index is -4.38. The molecule has 0 fully saturated rings. The zero-order valence-corrected chi connectivity index (χ0v) is 26.8. The first-order chi connectivity index (χ1) is 20.3. The van der Waals surface area contributed by atoms with Gasteiger partial charge in [-0.3, -0.25) is 18.6 Å². The smallest absolute Gasteiger partial charge is 0.463 e. The topological polar surface area (TPSA) is 131 Å². The highest BCUT2D eigenvalue weighted by atomic mass is 31.2. The quantitative estimate of drug-likeness (QED) is 0.0364. The van der Waals surface area contributed by atoms with E-state index in [2.05, 4.69) is 65.4 Å². The van der Waals surface area contributed by atoms with Crippen LogP contribution >= 0.6 is 7.82 Å². The number of ether oxygens (including phenoxy) is 1. The number of hydrogen-bond donors (Lipinski definition) is 3. The van der Waals surface area contributed by atoms with Gasteiger partial charge in [0.15, 0.2) is 0 Å². The molecule has 0 aliphatic rings. The van der Waals surface area contributed by atoms with Gasteiger partial charge in [0.25, 0.3) is 0 Å². The third kappa shape index (κ3) is 29.5. The lowest BCUT2D eigenvalue weighted by atomic mass is 10.1. The van der Waals surface area contributed by atoms with Crippen molar-refractivity contribution in [1.29, 1.82) is 0 Å². The van der Waals surface area contributed by atoms with Crippen LogP contribution in [0.3, 0.4) is 0 Å². The fourth-order valence-corrected chi connectivity index (χ4v) is 4.38. The number of phosphoric ester groups is 1. The average molecular weight is 614 g/mol. The number of hydrogen-bond acceptors (Lipinski definition) is 7. The number of nitrogens with one attached hydrogen (secondary N) is 1. The molecular weight excluding hydrogens is 557 g/mol. The van der Waals surface area contributed by atoms with Gasteiger partial charge in [0, 0.05) is 19.4 Å². The Hall–Kier alpha value is -2.03. The normalized spacial score (nSPS) is 14.3. The Morgan fingerprint density at radius 3 is 1.90 bits per heavy atom. The van der Waals surface area contributed by atoms with Crippen LogP contribution in [0.2, 0.25) is 0 Å². The second-order valence-corrected chi connectivity index (χ2v) is 11.5. The molecular formula is C32H56NO8P. The van der Waals surface area contributed by atoms with Crippen LogP contribution in [0.25, 0.3) is 0 Å². The molecule has 0 bridgehead atoms. The highest BCUT2D eigenvalue weighted by Crippen LogP contribution is 2.42. The minimum absolute atomic E-state index is 0.0616. The van der Waals surface area contributed by atoms with Gasteiger partial charge in [0.2, 0.25) is 5.91 Å². The van der Waals surface area contributed by atoms with Crippen molar-refractivity contribution in [3.8, 4) is 0 Å². The molecule has 0 aromatic heterocycles. The Morgan fingerprint density at radius 1 is 0.762 bits per heavy atom. The van der Waals surface area contributed by atoms with Crippen molar-refractivity contribution in [1.82, 2.24) is 5.32 Å². The fraction of sp³-hybridized carbons (Fsp3) is 0.688. The molecule has 2 unspecified atom stereocenters. The van der Waals surface area contributed by atoms with Crippen LogP contribution < -0.4 is 5.32 Å². The molecule has 0 aromatic rings.